The molecule has 1 heterocycles. The molecule has 0 bridgehead atoms. The van der Waals surface area contributed by atoms with Gasteiger partial charge in [0.2, 0.25) is 0 Å². The molecular weight excluding hydrogens is 236 g/mol. The van der Waals surface area contributed by atoms with Gasteiger partial charge in [-0.05, 0) is 73.3 Å². The van der Waals surface area contributed by atoms with E-state index in [1.807, 2.05) is 14.0 Å². The highest BCUT2D eigenvalue weighted by atomic mass is 15.2. The molecule has 1 rings (SSSR count). The highest BCUT2D eigenvalue weighted by molar-refractivity contribution is 5.04. The lowest BCUT2D eigenvalue weighted by atomic mass is 9.91. The average Bonchev–Trinajstić information content (AvgIpc) is 2.38. The van der Waals surface area contributed by atoms with E-state index in [1.54, 1.807) is 0 Å². The van der Waals surface area contributed by atoms with E-state index in [9.17, 15) is 5.26 Å². The van der Waals surface area contributed by atoms with Gasteiger partial charge in [-0.1, -0.05) is 0 Å². The van der Waals surface area contributed by atoms with E-state index in [-0.39, 0.29) is 0 Å². The molecule has 19 heavy (non-hydrogen) atoms. The second-order valence-electron chi connectivity index (χ2n) is 6.49. The van der Waals surface area contributed by atoms with E-state index < -0.39 is 5.54 Å². The van der Waals surface area contributed by atoms with Crippen LogP contribution in [0.4, 0.5) is 0 Å². The zero-order chi connectivity index (χ0) is 14.5. The maximum absolute atomic E-state index is 9.24. The van der Waals surface area contributed by atoms with E-state index >= 15 is 0 Å². The summed E-state index contributed by atoms with van der Waals surface area (Å²) in [6.45, 7) is 7.78. The van der Waals surface area contributed by atoms with Gasteiger partial charge < -0.3 is 15.1 Å². The summed E-state index contributed by atoms with van der Waals surface area (Å²) < 4.78 is 0. The van der Waals surface area contributed by atoms with Crippen molar-refractivity contribution in [3.63, 3.8) is 0 Å². The zero-order valence-electron chi connectivity index (χ0n) is 13.2. The molecule has 1 N–H and O–H groups in total. The minimum Gasteiger partial charge on any atom is -0.309 e. The highest BCUT2D eigenvalue weighted by Crippen LogP contribution is 2.23. The number of piperidine rings is 1. The van der Waals surface area contributed by atoms with Gasteiger partial charge in [-0.3, -0.25) is 0 Å². The molecule has 0 saturated carbocycles. The van der Waals surface area contributed by atoms with Crippen LogP contribution in [0.25, 0.3) is 0 Å². The normalized spacial score (nSPS) is 23.0. The summed E-state index contributed by atoms with van der Waals surface area (Å²) in [6.07, 6.45) is 3.45. The number of hydrogen-bond donors (Lipinski definition) is 1. The van der Waals surface area contributed by atoms with Crippen molar-refractivity contribution < 1.29 is 0 Å². The van der Waals surface area contributed by atoms with Gasteiger partial charge in [-0.15, -0.1) is 0 Å². The molecule has 1 aliphatic rings. The predicted octanol–water partition coefficient (Wildman–Crippen LogP) is 1.54. The molecule has 2 unspecified atom stereocenters. The SMILES string of the molecule is CNC(C)(C#N)CC(C)N1CCC(CN(C)C)CC1. The Bertz CT molecular complexity index is 302. The van der Waals surface area contributed by atoms with E-state index in [0.29, 0.717) is 6.04 Å². The third-order valence-corrected chi connectivity index (χ3v) is 4.40. The predicted molar refractivity (Wildman–Crippen MR) is 80.0 cm³/mol. The summed E-state index contributed by atoms with van der Waals surface area (Å²) in [5, 5.41) is 12.4. The topological polar surface area (TPSA) is 42.3 Å². The highest BCUT2D eigenvalue weighted by Gasteiger charge is 2.29. The molecule has 0 aromatic heterocycles. The molecule has 0 radical (unpaired) electrons. The van der Waals surface area contributed by atoms with E-state index in [0.717, 1.165) is 12.3 Å². The van der Waals surface area contributed by atoms with Crippen molar-refractivity contribution in [1.82, 2.24) is 15.1 Å². The first kappa shape index (κ1) is 16.4. The van der Waals surface area contributed by atoms with Crippen molar-refractivity contribution in [1.29, 1.82) is 5.26 Å². The summed E-state index contributed by atoms with van der Waals surface area (Å²) in [5.74, 6) is 0.838. The van der Waals surface area contributed by atoms with Crippen LogP contribution in [0.2, 0.25) is 0 Å². The molecule has 0 amide bonds. The van der Waals surface area contributed by atoms with Crippen LogP contribution in [-0.4, -0.2) is 62.2 Å². The number of nitriles is 1. The lowest BCUT2D eigenvalue weighted by Crippen LogP contribution is -2.48. The fourth-order valence-corrected chi connectivity index (χ4v) is 3.02. The van der Waals surface area contributed by atoms with Crippen molar-refractivity contribution >= 4 is 0 Å². The van der Waals surface area contributed by atoms with Crippen LogP contribution in [0, 0.1) is 17.2 Å². The van der Waals surface area contributed by atoms with Gasteiger partial charge in [-0.25, -0.2) is 0 Å². The van der Waals surface area contributed by atoms with Gasteiger partial charge in [0.25, 0.3) is 0 Å². The van der Waals surface area contributed by atoms with E-state index in [1.165, 1.54) is 32.5 Å². The van der Waals surface area contributed by atoms with E-state index in [2.05, 4.69) is 42.2 Å². The number of rotatable bonds is 6. The van der Waals surface area contributed by atoms with Gasteiger partial charge in [0.15, 0.2) is 0 Å². The van der Waals surface area contributed by atoms with Crippen LogP contribution in [0.1, 0.15) is 33.1 Å². The second kappa shape index (κ2) is 7.23. The lowest BCUT2D eigenvalue weighted by Gasteiger charge is -2.39. The smallest absolute Gasteiger partial charge is 0.105 e. The monoisotopic (exact) mass is 266 g/mol. The summed E-state index contributed by atoms with van der Waals surface area (Å²) in [5.41, 5.74) is -0.403. The van der Waals surface area contributed by atoms with Gasteiger partial charge in [-0.2, -0.15) is 5.26 Å². The Morgan fingerprint density at radius 3 is 2.42 bits per heavy atom. The van der Waals surface area contributed by atoms with Gasteiger partial charge in [0.05, 0.1) is 6.07 Å². The number of nitrogens with one attached hydrogen (secondary N) is 1. The number of hydrogen-bond acceptors (Lipinski definition) is 4. The first-order valence-corrected chi connectivity index (χ1v) is 7.39. The van der Waals surface area contributed by atoms with Gasteiger partial charge >= 0.3 is 0 Å². The Labute approximate surface area is 118 Å². The fourth-order valence-electron chi connectivity index (χ4n) is 3.02. The maximum Gasteiger partial charge on any atom is 0.105 e. The summed E-state index contributed by atoms with van der Waals surface area (Å²) >= 11 is 0. The number of likely N-dealkylation sites (tertiary alicyclic amines) is 1. The molecule has 1 fully saturated rings. The van der Waals surface area contributed by atoms with Crippen molar-refractivity contribution in [3.05, 3.63) is 0 Å². The first-order valence-electron chi connectivity index (χ1n) is 7.39. The van der Waals surface area contributed by atoms with Crippen LogP contribution in [0.15, 0.2) is 0 Å². The molecular formula is C15H30N4. The molecule has 4 nitrogen and oxygen atoms in total. The Kier molecular flexibility index (Phi) is 6.25. The molecule has 1 aliphatic heterocycles. The van der Waals surface area contributed by atoms with Gasteiger partial charge in [0, 0.05) is 12.6 Å². The molecule has 4 heteroatoms. The largest absolute Gasteiger partial charge is 0.309 e. The Balaban J connectivity index is 2.41. The summed E-state index contributed by atoms with van der Waals surface area (Å²) in [7, 11) is 6.18. The minimum absolute atomic E-state index is 0.403. The average molecular weight is 266 g/mol. The molecule has 1 saturated heterocycles. The van der Waals surface area contributed by atoms with Crippen LogP contribution in [0.3, 0.4) is 0 Å². The van der Waals surface area contributed by atoms with Crippen LogP contribution < -0.4 is 5.32 Å². The third-order valence-electron chi connectivity index (χ3n) is 4.40. The molecule has 0 spiro atoms. The van der Waals surface area contributed by atoms with Gasteiger partial charge in [0.1, 0.15) is 5.54 Å². The van der Waals surface area contributed by atoms with Crippen molar-refractivity contribution in [2.24, 2.45) is 5.92 Å². The third kappa shape index (κ3) is 5.10. The van der Waals surface area contributed by atoms with Crippen molar-refractivity contribution in [3.8, 4) is 6.07 Å². The minimum atomic E-state index is -0.403. The Hall–Kier alpha value is -0.630. The summed E-state index contributed by atoms with van der Waals surface area (Å²) in [4.78, 5) is 4.83. The molecule has 0 aliphatic carbocycles. The Morgan fingerprint density at radius 1 is 1.42 bits per heavy atom. The Morgan fingerprint density at radius 2 is 2.00 bits per heavy atom. The van der Waals surface area contributed by atoms with Crippen LogP contribution in [-0.2, 0) is 0 Å². The zero-order valence-corrected chi connectivity index (χ0v) is 13.2. The second-order valence-corrected chi connectivity index (χ2v) is 6.49. The summed E-state index contributed by atoms with van der Waals surface area (Å²) in [6, 6.07) is 2.86. The van der Waals surface area contributed by atoms with Crippen molar-refractivity contribution in [2.75, 3.05) is 40.8 Å². The maximum atomic E-state index is 9.24. The van der Waals surface area contributed by atoms with Crippen LogP contribution >= 0.6 is 0 Å². The molecule has 110 valence electrons. The standard InChI is InChI=1S/C15H30N4/c1-13(10-15(2,12-16)17-3)19-8-6-14(7-9-19)11-18(4)5/h13-14,17H,6-11H2,1-5H3. The first-order chi connectivity index (χ1) is 8.90. The van der Waals surface area contributed by atoms with Crippen LogP contribution in [0.5, 0.6) is 0 Å². The fraction of sp³-hybridized carbons (Fsp3) is 0.933. The van der Waals surface area contributed by atoms with Crippen molar-refractivity contribution in [2.45, 2.75) is 44.7 Å². The quantitative estimate of drug-likeness (QED) is 0.792. The van der Waals surface area contributed by atoms with E-state index in [4.69, 9.17) is 0 Å². The molecule has 0 aromatic rings. The lowest BCUT2D eigenvalue weighted by molar-refractivity contribution is 0.113. The molecule has 2 atom stereocenters. The molecule has 0 aromatic carbocycles. The number of nitrogens with zero attached hydrogens (tertiary/aromatic N) is 3.